The number of aromatic amines is 1. The first kappa shape index (κ1) is 22.7. The van der Waals surface area contributed by atoms with Gasteiger partial charge in [-0.3, -0.25) is 9.59 Å². The minimum absolute atomic E-state index is 0.153. The molecular weight excluding hydrogens is 420 g/mol. The van der Waals surface area contributed by atoms with Crippen LogP contribution in [0.25, 0.3) is 0 Å². The first-order chi connectivity index (χ1) is 14.6. The first-order valence-corrected chi connectivity index (χ1v) is 11.6. The SMILES string of the molecule is COC(=O)c1c(CC(=O)Nc2cccc(S(=O)(=O)C3CCCC3)c2)[nH]c(C(C)=O)c1C. The van der Waals surface area contributed by atoms with Crippen molar-refractivity contribution in [3.63, 3.8) is 0 Å². The minimum atomic E-state index is -3.45. The van der Waals surface area contributed by atoms with Crippen molar-refractivity contribution < 1.29 is 27.5 Å². The lowest BCUT2D eigenvalue weighted by molar-refractivity contribution is -0.115. The number of ether oxygens (including phenoxy) is 1. The van der Waals surface area contributed by atoms with Gasteiger partial charge in [-0.2, -0.15) is 0 Å². The van der Waals surface area contributed by atoms with Crippen LogP contribution in [0.15, 0.2) is 29.2 Å². The van der Waals surface area contributed by atoms with Crippen LogP contribution in [-0.4, -0.2) is 43.4 Å². The Hall–Kier alpha value is -2.94. The molecule has 1 fully saturated rings. The molecule has 1 saturated carbocycles. The molecule has 1 aromatic heterocycles. The van der Waals surface area contributed by atoms with E-state index in [0.29, 0.717) is 24.1 Å². The largest absolute Gasteiger partial charge is 0.465 e. The van der Waals surface area contributed by atoms with E-state index < -0.39 is 21.7 Å². The summed E-state index contributed by atoms with van der Waals surface area (Å²) in [6.45, 7) is 2.97. The molecule has 2 N–H and O–H groups in total. The Morgan fingerprint density at radius 3 is 2.48 bits per heavy atom. The summed E-state index contributed by atoms with van der Waals surface area (Å²) in [7, 11) is -2.22. The molecule has 1 aliphatic carbocycles. The lowest BCUT2D eigenvalue weighted by atomic mass is 10.1. The van der Waals surface area contributed by atoms with Gasteiger partial charge in [0.15, 0.2) is 15.6 Å². The number of benzene rings is 1. The van der Waals surface area contributed by atoms with E-state index in [2.05, 4.69) is 10.3 Å². The number of ketones is 1. The van der Waals surface area contributed by atoms with Gasteiger partial charge in [-0.05, 0) is 43.5 Å². The van der Waals surface area contributed by atoms with Gasteiger partial charge in [-0.25, -0.2) is 13.2 Å². The number of hydrogen-bond acceptors (Lipinski definition) is 6. The lowest BCUT2D eigenvalue weighted by Gasteiger charge is -2.13. The predicted octanol–water partition coefficient (Wildman–Crippen LogP) is 3.21. The van der Waals surface area contributed by atoms with Gasteiger partial charge in [-0.15, -0.1) is 0 Å². The zero-order valence-corrected chi connectivity index (χ0v) is 18.6. The Labute approximate surface area is 181 Å². The van der Waals surface area contributed by atoms with Gasteiger partial charge in [0.2, 0.25) is 5.91 Å². The number of methoxy groups -OCH3 is 1. The molecule has 0 bridgehead atoms. The van der Waals surface area contributed by atoms with E-state index in [9.17, 15) is 22.8 Å². The van der Waals surface area contributed by atoms with Crippen molar-refractivity contribution in [1.82, 2.24) is 4.98 Å². The number of carbonyl (C=O) groups excluding carboxylic acids is 3. The second-order valence-electron chi connectivity index (χ2n) is 7.73. The third-order valence-electron chi connectivity index (χ3n) is 5.59. The zero-order valence-electron chi connectivity index (χ0n) is 17.8. The van der Waals surface area contributed by atoms with Crippen LogP contribution in [0.4, 0.5) is 5.69 Å². The van der Waals surface area contributed by atoms with E-state index >= 15 is 0 Å². The number of sulfone groups is 1. The number of H-pyrrole nitrogens is 1. The van der Waals surface area contributed by atoms with Gasteiger partial charge in [0.25, 0.3) is 0 Å². The maximum atomic E-state index is 12.8. The number of hydrogen-bond donors (Lipinski definition) is 2. The standard InChI is InChI=1S/C22H26N2O6S/c1-13-20(22(27)30-3)18(24-21(13)14(2)25)12-19(26)23-15-7-6-10-17(11-15)31(28,29)16-8-4-5-9-16/h6-7,10-11,16,24H,4-5,8-9,12H2,1-3H3,(H,23,26). The van der Waals surface area contributed by atoms with E-state index in [1.54, 1.807) is 19.1 Å². The van der Waals surface area contributed by atoms with Crippen LogP contribution in [-0.2, 0) is 25.8 Å². The fraction of sp³-hybridized carbons (Fsp3) is 0.409. The van der Waals surface area contributed by atoms with Crippen LogP contribution in [0.5, 0.6) is 0 Å². The summed E-state index contributed by atoms with van der Waals surface area (Å²) in [4.78, 5) is 39.6. The molecule has 0 aliphatic heterocycles. The lowest BCUT2D eigenvalue weighted by Crippen LogP contribution is -2.19. The van der Waals surface area contributed by atoms with Crippen molar-refractivity contribution in [3.8, 4) is 0 Å². The van der Waals surface area contributed by atoms with E-state index in [1.807, 2.05) is 0 Å². The first-order valence-electron chi connectivity index (χ1n) is 10.1. The maximum Gasteiger partial charge on any atom is 0.339 e. The van der Waals surface area contributed by atoms with E-state index in [4.69, 9.17) is 4.74 Å². The third kappa shape index (κ3) is 4.71. The van der Waals surface area contributed by atoms with E-state index in [0.717, 1.165) is 12.8 Å². The molecule has 3 rings (SSSR count). The molecule has 8 nitrogen and oxygen atoms in total. The van der Waals surface area contributed by atoms with Crippen molar-refractivity contribution in [2.75, 3.05) is 12.4 Å². The summed E-state index contributed by atoms with van der Waals surface area (Å²) in [6, 6.07) is 6.18. The number of aromatic nitrogens is 1. The summed E-state index contributed by atoms with van der Waals surface area (Å²) in [5.74, 6) is -1.37. The fourth-order valence-corrected chi connectivity index (χ4v) is 5.93. The smallest absolute Gasteiger partial charge is 0.339 e. The summed E-state index contributed by atoms with van der Waals surface area (Å²) in [6.07, 6.45) is 2.90. The summed E-state index contributed by atoms with van der Waals surface area (Å²) in [5.41, 5.74) is 1.43. The van der Waals surface area contributed by atoms with Crippen molar-refractivity contribution >= 4 is 33.2 Å². The molecule has 0 radical (unpaired) electrons. The highest BCUT2D eigenvalue weighted by Crippen LogP contribution is 2.30. The van der Waals surface area contributed by atoms with Gasteiger partial charge in [0.05, 0.1) is 34.9 Å². The zero-order chi connectivity index (χ0) is 22.8. The average Bonchev–Trinajstić information content (AvgIpc) is 3.36. The predicted molar refractivity (Wildman–Crippen MR) is 115 cm³/mol. The molecule has 0 saturated heterocycles. The molecule has 166 valence electrons. The van der Waals surface area contributed by atoms with Crippen molar-refractivity contribution in [2.45, 2.75) is 56.1 Å². The van der Waals surface area contributed by atoms with Gasteiger partial charge in [-0.1, -0.05) is 18.9 Å². The Morgan fingerprint density at radius 2 is 1.87 bits per heavy atom. The Morgan fingerprint density at radius 1 is 1.19 bits per heavy atom. The number of rotatable bonds is 7. The highest BCUT2D eigenvalue weighted by atomic mass is 32.2. The monoisotopic (exact) mass is 446 g/mol. The topological polar surface area (TPSA) is 122 Å². The molecule has 0 unspecified atom stereocenters. The number of amides is 1. The average molecular weight is 447 g/mol. The second-order valence-corrected chi connectivity index (χ2v) is 9.96. The van der Waals surface area contributed by atoms with Gasteiger partial charge in [0, 0.05) is 18.3 Å². The summed E-state index contributed by atoms with van der Waals surface area (Å²) in [5, 5.41) is 2.29. The molecule has 9 heteroatoms. The molecule has 0 atom stereocenters. The summed E-state index contributed by atoms with van der Waals surface area (Å²) < 4.78 is 30.4. The molecule has 1 aromatic carbocycles. The molecule has 1 amide bonds. The fourth-order valence-electron chi connectivity index (χ4n) is 4.03. The van der Waals surface area contributed by atoms with E-state index in [1.165, 1.54) is 26.2 Å². The van der Waals surface area contributed by atoms with Crippen LogP contribution >= 0.6 is 0 Å². The van der Waals surface area contributed by atoms with Crippen LogP contribution in [0.3, 0.4) is 0 Å². The molecule has 2 aromatic rings. The highest BCUT2D eigenvalue weighted by Gasteiger charge is 2.30. The quantitative estimate of drug-likeness (QED) is 0.497. The number of esters is 1. The van der Waals surface area contributed by atoms with Crippen molar-refractivity contribution in [2.24, 2.45) is 0 Å². The molecular formula is C22H26N2O6S. The minimum Gasteiger partial charge on any atom is -0.465 e. The van der Waals surface area contributed by atoms with Crippen LogP contribution in [0.2, 0.25) is 0 Å². The second kappa shape index (κ2) is 9.05. The van der Waals surface area contributed by atoms with Gasteiger partial charge >= 0.3 is 5.97 Å². The van der Waals surface area contributed by atoms with Gasteiger partial charge in [0.1, 0.15) is 0 Å². The molecule has 0 spiro atoms. The number of Topliss-reactive ketones (excluding diaryl/α,β-unsaturated/α-hetero) is 1. The summed E-state index contributed by atoms with van der Waals surface area (Å²) >= 11 is 0. The molecule has 31 heavy (non-hydrogen) atoms. The molecule has 1 heterocycles. The van der Waals surface area contributed by atoms with Crippen LogP contribution in [0, 0.1) is 6.92 Å². The molecule has 1 aliphatic rings. The number of nitrogens with one attached hydrogen (secondary N) is 2. The number of anilines is 1. The number of carbonyl (C=O) groups is 3. The van der Waals surface area contributed by atoms with Crippen molar-refractivity contribution in [3.05, 3.63) is 46.8 Å². The van der Waals surface area contributed by atoms with Gasteiger partial charge < -0.3 is 15.0 Å². The van der Waals surface area contributed by atoms with Crippen LogP contribution < -0.4 is 5.32 Å². The van der Waals surface area contributed by atoms with Crippen molar-refractivity contribution in [1.29, 1.82) is 0 Å². The Balaban J connectivity index is 1.81. The highest BCUT2D eigenvalue weighted by molar-refractivity contribution is 7.92. The Bertz CT molecular complexity index is 1130. The van der Waals surface area contributed by atoms with Crippen LogP contribution in [0.1, 0.15) is 64.7 Å². The van der Waals surface area contributed by atoms with E-state index in [-0.39, 0.29) is 39.3 Å². The maximum absolute atomic E-state index is 12.8. The Kier molecular flexibility index (Phi) is 6.64. The normalized spacial score (nSPS) is 14.4. The third-order valence-corrected chi connectivity index (χ3v) is 7.85.